The van der Waals surface area contributed by atoms with Crippen LogP contribution in [0.5, 0.6) is 0 Å². The normalized spacial score (nSPS) is 13.6. The molecule has 1 aliphatic rings. The van der Waals surface area contributed by atoms with Crippen LogP contribution in [-0.2, 0) is 21.2 Å². The van der Waals surface area contributed by atoms with Crippen molar-refractivity contribution < 1.29 is 26.8 Å². The summed E-state index contributed by atoms with van der Waals surface area (Å²) in [6.45, 7) is 0.0197. The van der Waals surface area contributed by atoms with Gasteiger partial charge in [0.25, 0.3) is 5.91 Å². The van der Waals surface area contributed by atoms with E-state index in [-0.39, 0.29) is 12.2 Å². The molecule has 1 aliphatic heterocycles. The number of halogens is 2. The summed E-state index contributed by atoms with van der Waals surface area (Å²) in [4.78, 5) is 24.2. The van der Waals surface area contributed by atoms with E-state index in [9.17, 15) is 26.8 Å². The largest absolute Gasteiger partial charge is 0.343 e. The van der Waals surface area contributed by atoms with Crippen LogP contribution in [0.3, 0.4) is 0 Å². The maximum atomic E-state index is 13.2. The third-order valence-electron chi connectivity index (χ3n) is 4.43. The second kappa shape index (κ2) is 8.16. The third kappa shape index (κ3) is 4.89. The minimum atomic E-state index is -3.40. The van der Waals surface area contributed by atoms with E-state index in [1.54, 1.807) is 12.1 Å². The number of nitrogens with one attached hydrogen (secondary N) is 2. The Kier molecular flexibility index (Phi) is 5.83. The fourth-order valence-corrected chi connectivity index (χ4v) is 4.09. The first-order valence-electron chi connectivity index (χ1n) is 8.79. The van der Waals surface area contributed by atoms with Crippen molar-refractivity contribution in [3.63, 3.8) is 0 Å². The van der Waals surface area contributed by atoms with Crippen molar-refractivity contribution in [1.82, 2.24) is 5.32 Å². The van der Waals surface area contributed by atoms with E-state index in [2.05, 4.69) is 10.6 Å². The Hall–Kier alpha value is -3.01. The Labute approximate surface area is 166 Å². The van der Waals surface area contributed by atoms with Gasteiger partial charge in [-0.25, -0.2) is 17.2 Å². The number of hydrogen-bond acceptors (Lipinski definition) is 4. The van der Waals surface area contributed by atoms with Gasteiger partial charge in [-0.2, -0.15) is 0 Å². The molecule has 3 rings (SSSR count). The van der Waals surface area contributed by atoms with Crippen LogP contribution in [0.4, 0.5) is 20.2 Å². The molecule has 154 valence electrons. The van der Waals surface area contributed by atoms with E-state index in [0.717, 1.165) is 24.0 Å². The minimum Gasteiger partial charge on any atom is -0.343 e. The van der Waals surface area contributed by atoms with Crippen molar-refractivity contribution in [2.45, 2.75) is 12.8 Å². The molecule has 10 heteroatoms. The summed E-state index contributed by atoms with van der Waals surface area (Å²) in [7, 11) is -3.40. The van der Waals surface area contributed by atoms with Gasteiger partial charge in [0.15, 0.2) is 11.6 Å². The number of anilines is 2. The second-order valence-electron chi connectivity index (χ2n) is 6.64. The molecular weight excluding hydrogens is 404 g/mol. The monoisotopic (exact) mass is 423 g/mol. The van der Waals surface area contributed by atoms with Gasteiger partial charge in [0.05, 0.1) is 18.5 Å². The summed E-state index contributed by atoms with van der Waals surface area (Å²) in [6.07, 6.45) is 2.41. The minimum absolute atomic E-state index is 0.0674. The Morgan fingerprint density at radius 3 is 2.55 bits per heavy atom. The number of benzene rings is 2. The molecule has 0 unspecified atom stereocenters. The Morgan fingerprint density at radius 2 is 1.86 bits per heavy atom. The number of amides is 2. The van der Waals surface area contributed by atoms with Gasteiger partial charge in [0.1, 0.15) is 0 Å². The highest BCUT2D eigenvalue weighted by Gasteiger charge is 2.24. The number of aryl methyl sites for hydroxylation is 1. The van der Waals surface area contributed by atoms with Crippen molar-refractivity contribution >= 4 is 33.2 Å². The van der Waals surface area contributed by atoms with E-state index in [0.29, 0.717) is 30.6 Å². The van der Waals surface area contributed by atoms with Gasteiger partial charge in [-0.3, -0.25) is 13.9 Å². The fourth-order valence-electron chi connectivity index (χ4n) is 3.09. The van der Waals surface area contributed by atoms with E-state index < -0.39 is 33.5 Å². The van der Waals surface area contributed by atoms with Crippen LogP contribution in [0.1, 0.15) is 22.3 Å². The molecule has 2 amide bonds. The Morgan fingerprint density at radius 1 is 1.10 bits per heavy atom. The smallest absolute Gasteiger partial charge is 0.251 e. The molecule has 29 heavy (non-hydrogen) atoms. The summed E-state index contributed by atoms with van der Waals surface area (Å²) in [5, 5.41) is 4.80. The molecule has 2 N–H and O–H groups in total. The first kappa shape index (κ1) is 20.7. The lowest BCUT2D eigenvalue weighted by molar-refractivity contribution is -0.115. The van der Waals surface area contributed by atoms with Crippen LogP contribution in [0.25, 0.3) is 0 Å². The predicted octanol–water partition coefficient (Wildman–Crippen LogP) is 2.05. The maximum absolute atomic E-state index is 13.2. The number of sulfonamides is 1. The molecule has 0 radical (unpaired) electrons. The fraction of sp³-hybridized carbons (Fsp3) is 0.263. The molecule has 2 aromatic carbocycles. The Balaban J connectivity index is 1.64. The SMILES string of the molecule is CS(=O)(=O)N1CCCc2cc(C(=O)NCC(=O)Nc3ccc(F)c(F)c3)ccc21. The summed E-state index contributed by atoms with van der Waals surface area (Å²) in [5.41, 5.74) is 1.64. The lowest BCUT2D eigenvalue weighted by Crippen LogP contribution is -2.35. The van der Waals surface area contributed by atoms with Crippen LogP contribution < -0.4 is 14.9 Å². The molecule has 0 aliphatic carbocycles. The number of hydrogen-bond donors (Lipinski definition) is 2. The van der Waals surface area contributed by atoms with Crippen LogP contribution in [0.2, 0.25) is 0 Å². The average molecular weight is 423 g/mol. The highest BCUT2D eigenvalue weighted by Crippen LogP contribution is 2.29. The molecule has 0 aromatic heterocycles. The highest BCUT2D eigenvalue weighted by atomic mass is 32.2. The van der Waals surface area contributed by atoms with Gasteiger partial charge in [-0.15, -0.1) is 0 Å². The summed E-state index contributed by atoms with van der Waals surface area (Å²) in [6, 6.07) is 7.60. The molecule has 0 fully saturated rings. The summed E-state index contributed by atoms with van der Waals surface area (Å²) < 4.78 is 51.2. The zero-order valence-electron chi connectivity index (χ0n) is 15.5. The van der Waals surface area contributed by atoms with Gasteiger partial charge < -0.3 is 10.6 Å². The van der Waals surface area contributed by atoms with Gasteiger partial charge in [0, 0.05) is 23.9 Å². The first-order valence-corrected chi connectivity index (χ1v) is 10.6. The molecule has 0 saturated heterocycles. The van der Waals surface area contributed by atoms with Crippen LogP contribution in [-0.4, -0.2) is 39.6 Å². The zero-order chi connectivity index (χ0) is 21.2. The zero-order valence-corrected chi connectivity index (χ0v) is 16.4. The maximum Gasteiger partial charge on any atom is 0.251 e. The van der Waals surface area contributed by atoms with Crippen molar-refractivity contribution in [2.24, 2.45) is 0 Å². The van der Waals surface area contributed by atoms with Crippen molar-refractivity contribution in [1.29, 1.82) is 0 Å². The quantitative estimate of drug-likeness (QED) is 0.770. The van der Waals surface area contributed by atoms with Crippen molar-refractivity contribution in [2.75, 3.05) is 29.0 Å². The lowest BCUT2D eigenvalue weighted by Gasteiger charge is -2.29. The molecule has 2 aromatic rings. The van der Waals surface area contributed by atoms with Gasteiger partial charge >= 0.3 is 0 Å². The topological polar surface area (TPSA) is 95.6 Å². The molecule has 0 saturated carbocycles. The lowest BCUT2D eigenvalue weighted by atomic mass is 10.0. The molecule has 0 bridgehead atoms. The van der Waals surface area contributed by atoms with Gasteiger partial charge in [-0.1, -0.05) is 0 Å². The van der Waals surface area contributed by atoms with Gasteiger partial charge in [-0.05, 0) is 48.7 Å². The van der Waals surface area contributed by atoms with Crippen molar-refractivity contribution in [3.05, 3.63) is 59.2 Å². The predicted molar refractivity (Wildman–Crippen MR) is 104 cm³/mol. The van der Waals surface area contributed by atoms with E-state index >= 15 is 0 Å². The van der Waals surface area contributed by atoms with Gasteiger partial charge in [0.2, 0.25) is 15.9 Å². The third-order valence-corrected chi connectivity index (χ3v) is 5.61. The van der Waals surface area contributed by atoms with Crippen LogP contribution in [0.15, 0.2) is 36.4 Å². The molecule has 1 heterocycles. The average Bonchev–Trinajstić information content (AvgIpc) is 2.67. The Bertz CT molecular complexity index is 1070. The molecule has 0 spiro atoms. The molecule has 0 atom stereocenters. The number of nitrogens with zero attached hydrogens (tertiary/aromatic N) is 1. The van der Waals surface area contributed by atoms with Crippen LogP contribution in [0, 0.1) is 11.6 Å². The number of carbonyl (C=O) groups is 2. The number of carbonyl (C=O) groups excluding carboxylic acids is 2. The van der Waals surface area contributed by atoms with E-state index in [1.807, 2.05) is 0 Å². The summed E-state index contributed by atoms with van der Waals surface area (Å²) in [5.74, 6) is -3.24. The number of fused-ring (bicyclic) bond motifs is 1. The first-order chi connectivity index (χ1) is 13.6. The van der Waals surface area contributed by atoms with E-state index in [1.165, 1.54) is 16.4 Å². The molecular formula is C19H19F2N3O4S. The summed E-state index contributed by atoms with van der Waals surface area (Å²) >= 11 is 0. The van der Waals surface area contributed by atoms with Crippen molar-refractivity contribution in [3.8, 4) is 0 Å². The second-order valence-corrected chi connectivity index (χ2v) is 8.55. The van der Waals surface area contributed by atoms with Crippen LogP contribution >= 0.6 is 0 Å². The standard InChI is InChI=1S/C19H19F2N3O4S/c1-29(27,28)24-8-2-3-12-9-13(4-7-17(12)24)19(26)22-11-18(25)23-14-5-6-15(20)16(21)10-14/h4-7,9-10H,2-3,8,11H2,1H3,(H,22,26)(H,23,25). The molecule has 7 nitrogen and oxygen atoms in total. The number of rotatable bonds is 5. The highest BCUT2D eigenvalue weighted by molar-refractivity contribution is 7.92. The van der Waals surface area contributed by atoms with E-state index in [4.69, 9.17) is 0 Å².